The largest absolute Gasteiger partial charge is 0.482 e. The van der Waals surface area contributed by atoms with E-state index in [0.717, 1.165) is 47.4 Å². The molecule has 3 atom stereocenters. The van der Waals surface area contributed by atoms with E-state index < -0.39 is 11.6 Å². The van der Waals surface area contributed by atoms with E-state index in [2.05, 4.69) is 0 Å². The first-order chi connectivity index (χ1) is 17.1. The highest BCUT2D eigenvalue weighted by Gasteiger charge is 2.69. The number of nitrogens with zero attached hydrogens (tertiary/aromatic N) is 1. The van der Waals surface area contributed by atoms with Crippen LogP contribution in [-0.2, 0) is 21.6 Å². The Balaban J connectivity index is 1.33. The van der Waals surface area contributed by atoms with Crippen LogP contribution in [0.1, 0.15) is 24.3 Å². The number of epoxide rings is 1. The van der Waals surface area contributed by atoms with Crippen LogP contribution < -0.4 is 4.74 Å². The normalized spacial score (nSPS) is 22.5. The minimum absolute atomic E-state index is 0.102. The highest BCUT2D eigenvalue weighted by molar-refractivity contribution is 5.77. The Labute approximate surface area is 203 Å². The van der Waals surface area contributed by atoms with E-state index in [0.29, 0.717) is 11.6 Å². The van der Waals surface area contributed by atoms with Crippen LogP contribution in [0.5, 0.6) is 5.75 Å². The summed E-state index contributed by atoms with van der Waals surface area (Å²) in [5, 5.41) is 8.90. The summed E-state index contributed by atoms with van der Waals surface area (Å²) in [5.41, 5.74) is 3.36. The molecule has 0 radical (unpaired) electrons. The Kier molecular flexibility index (Phi) is 5.38. The summed E-state index contributed by atoms with van der Waals surface area (Å²) in [6, 6.07) is 27.8. The van der Waals surface area contributed by atoms with Crippen molar-refractivity contribution in [2.24, 2.45) is 5.92 Å². The molecule has 6 nitrogen and oxygen atoms in total. The molecule has 2 heterocycles. The number of aromatic nitrogens is 1. The number of rotatable bonds is 8. The lowest BCUT2D eigenvalue weighted by atomic mass is 9.88. The molecule has 176 valence electrons. The molecule has 0 spiro atoms. The van der Waals surface area contributed by atoms with Gasteiger partial charge in [0.2, 0.25) is 5.89 Å². The lowest BCUT2D eigenvalue weighted by Gasteiger charge is -2.18. The highest BCUT2D eigenvalue weighted by Crippen LogP contribution is 2.62. The number of hydrogen-bond donors (Lipinski definition) is 1. The smallest absolute Gasteiger partial charge is 0.341 e. The number of fused-ring (bicyclic) bond motifs is 1. The van der Waals surface area contributed by atoms with E-state index in [-0.39, 0.29) is 18.6 Å². The van der Waals surface area contributed by atoms with Gasteiger partial charge in [0.05, 0.1) is 6.10 Å². The van der Waals surface area contributed by atoms with Crippen molar-refractivity contribution in [3.05, 3.63) is 96.4 Å². The zero-order chi connectivity index (χ0) is 23.8. The average Bonchev–Trinajstić information content (AvgIpc) is 3.27. The molecule has 1 saturated heterocycles. The highest BCUT2D eigenvalue weighted by atomic mass is 16.6. The van der Waals surface area contributed by atoms with Crippen molar-refractivity contribution in [1.29, 1.82) is 0 Å². The Morgan fingerprint density at radius 3 is 2.43 bits per heavy atom. The van der Waals surface area contributed by atoms with E-state index in [9.17, 15) is 4.79 Å². The maximum Gasteiger partial charge on any atom is 0.341 e. The van der Waals surface area contributed by atoms with Gasteiger partial charge >= 0.3 is 5.97 Å². The van der Waals surface area contributed by atoms with E-state index in [4.69, 9.17) is 24.0 Å². The van der Waals surface area contributed by atoms with Crippen molar-refractivity contribution in [2.75, 3.05) is 6.61 Å². The zero-order valence-corrected chi connectivity index (χ0v) is 19.1. The fourth-order valence-corrected chi connectivity index (χ4v) is 5.27. The average molecular weight is 468 g/mol. The number of ether oxygens (including phenoxy) is 2. The minimum atomic E-state index is -0.994. The predicted octanol–water partition coefficient (Wildman–Crippen LogP) is 5.72. The Morgan fingerprint density at radius 2 is 1.71 bits per heavy atom. The van der Waals surface area contributed by atoms with Gasteiger partial charge in [-0.15, -0.1) is 0 Å². The molecule has 6 heteroatoms. The van der Waals surface area contributed by atoms with Crippen LogP contribution >= 0.6 is 0 Å². The summed E-state index contributed by atoms with van der Waals surface area (Å²) in [6.45, 7) is -0.358. The molecule has 1 saturated carbocycles. The molecule has 35 heavy (non-hydrogen) atoms. The zero-order valence-electron chi connectivity index (χ0n) is 19.1. The van der Waals surface area contributed by atoms with Gasteiger partial charge in [-0.05, 0) is 37.0 Å². The van der Waals surface area contributed by atoms with Crippen LogP contribution in [0, 0.1) is 5.92 Å². The first-order valence-corrected chi connectivity index (χ1v) is 11.9. The van der Waals surface area contributed by atoms with Crippen LogP contribution in [0.25, 0.3) is 22.6 Å². The third-order valence-electron chi connectivity index (χ3n) is 6.93. The second kappa shape index (κ2) is 8.71. The van der Waals surface area contributed by atoms with Gasteiger partial charge in [-0.3, -0.25) is 0 Å². The van der Waals surface area contributed by atoms with Crippen LogP contribution in [0.4, 0.5) is 0 Å². The molecular formula is C29H25NO5. The summed E-state index contributed by atoms with van der Waals surface area (Å²) in [4.78, 5) is 15.9. The van der Waals surface area contributed by atoms with E-state index in [1.807, 2.05) is 78.9 Å². The molecule has 1 aromatic heterocycles. The predicted molar refractivity (Wildman–Crippen MR) is 130 cm³/mol. The number of benzene rings is 3. The molecule has 2 aliphatic rings. The summed E-state index contributed by atoms with van der Waals surface area (Å²) >= 11 is 0. The number of hydrogen-bond acceptors (Lipinski definition) is 5. The van der Waals surface area contributed by atoms with Crippen LogP contribution in [-0.4, -0.2) is 28.8 Å². The van der Waals surface area contributed by atoms with Crippen LogP contribution in [0.3, 0.4) is 0 Å². The van der Waals surface area contributed by atoms with Crippen LogP contribution in [0.2, 0.25) is 0 Å². The third-order valence-corrected chi connectivity index (χ3v) is 6.93. The number of oxazole rings is 1. The van der Waals surface area contributed by atoms with E-state index in [1.54, 1.807) is 6.07 Å². The summed E-state index contributed by atoms with van der Waals surface area (Å²) in [5.74, 6) is 1.16. The number of carboxylic acid groups (broad SMARTS) is 1. The molecule has 2 fully saturated rings. The fraction of sp³-hybridized carbons (Fsp3) is 0.241. The molecule has 4 aromatic rings. The van der Waals surface area contributed by atoms with Crippen LogP contribution in [0.15, 0.2) is 89.3 Å². The van der Waals surface area contributed by atoms with Gasteiger partial charge < -0.3 is 19.0 Å². The molecule has 0 bridgehead atoms. The molecule has 3 aromatic carbocycles. The van der Waals surface area contributed by atoms with Crippen molar-refractivity contribution in [2.45, 2.75) is 31.0 Å². The topological polar surface area (TPSA) is 85.1 Å². The maximum atomic E-state index is 10.9. The Morgan fingerprint density at radius 1 is 0.971 bits per heavy atom. The molecule has 6 rings (SSSR count). The number of aliphatic carboxylic acids is 1. The monoisotopic (exact) mass is 467 g/mol. The second-order valence-electron chi connectivity index (χ2n) is 9.14. The molecule has 1 N–H and O–H groups in total. The van der Waals surface area contributed by atoms with Gasteiger partial charge in [0.25, 0.3) is 0 Å². The van der Waals surface area contributed by atoms with Crippen molar-refractivity contribution in [1.82, 2.24) is 4.98 Å². The lowest BCUT2D eigenvalue weighted by Crippen LogP contribution is -2.22. The molecule has 0 amide bonds. The third kappa shape index (κ3) is 4.00. The van der Waals surface area contributed by atoms with Crippen molar-refractivity contribution in [3.63, 3.8) is 0 Å². The fourth-order valence-electron chi connectivity index (χ4n) is 5.27. The summed E-state index contributed by atoms with van der Waals surface area (Å²) < 4.78 is 18.2. The second-order valence-corrected chi connectivity index (χ2v) is 9.14. The first-order valence-electron chi connectivity index (χ1n) is 11.9. The van der Waals surface area contributed by atoms with Gasteiger partial charge in [0.1, 0.15) is 11.4 Å². The molecule has 1 aliphatic heterocycles. The maximum absolute atomic E-state index is 10.9. The number of carbonyl (C=O) groups is 1. The van der Waals surface area contributed by atoms with Crippen molar-refractivity contribution < 1.29 is 23.8 Å². The molecular weight excluding hydrogens is 442 g/mol. The minimum Gasteiger partial charge on any atom is -0.482 e. The van der Waals surface area contributed by atoms with Crippen molar-refractivity contribution in [3.8, 4) is 28.3 Å². The van der Waals surface area contributed by atoms with Gasteiger partial charge in [0, 0.05) is 17.0 Å². The Hall–Kier alpha value is -3.90. The SMILES string of the molecule is O=C(O)COc1cccc(CC2CCC3OC23c2nc(-c3ccccc3)c(-c3ccccc3)o2)c1. The number of carboxylic acids is 1. The van der Waals surface area contributed by atoms with Gasteiger partial charge in [-0.2, -0.15) is 0 Å². The summed E-state index contributed by atoms with van der Waals surface area (Å²) in [7, 11) is 0. The standard InChI is InChI=1S/C29H25NO5/c31-25(32)18-33-23-13-7-8-19(17-23)16-22-14-15-24-29(22,35-24)28-30-26(20-9-3-1-4-10-20)27(34-28)21-11-5-2-6-12-21/h1-13,17,22,24H,14-16,18H2,(H,31,32). The molecule has 3 unspecified atom stereocenters. The first kappa shape index (κ1) is 21.6. The van der Waals surface area contributed by atoms with E-state index in [1.165, 1.54) is 0 Å². The van der Waals surface area contributed by atoms with Gasteiger partial charge in [0.15, 0.2) is 18.0 Å². The lowest BCUT2D eigenvalue weighted by molar-refractivity contribution is -0.139. The summed E-state index contributed by atoms with van der Waals surface area (Å²) in [6.07, 6.45) is 2.84. The molecule has 1 aliphatic carbocycles. The van der Waals surface area contributed by atoms with E-state index >= 15 is 0 Å². The van der Waals surface area contributed by atoms with Gasteiger partial charge in [-0.1, -0.05) is 72.8 Å². The van der Waals surface area contributed by atoms with Crippen molar-refractivity contribution >= 4 is 5.97 Å². The Bertz CT molecular complexity index is 1290. The quantitative estimate of drug-likeness (QED) is 0.334. The van der Waals surface area contributed by atoms with Gasteiger partial charge in [-0.25, -0.2) is 9.78 Å².